The van der Waals surface area contributed by atoms with Crippen LogP contribution in [0.5, 0.6) is 0 Å². The zero-order valence-corrected chi connectivity index (χ0v) is 20.3. The molecule has 1 amide bonds. The van der Waals surface area contributed by atoms with Gasteiger partial charge < -0.3 is 5.32 Å². The van der Waals surface area contributed by atoms with Crippen LogP contribution in [-0.4, -0.2) is 68.9 Å². The Kier molecular flexibility index (Phi) is 6.55. The number of amides is 1. The minimum Gasteiger partial charge on any atom is -0.323 e. The van der Waals surface area contributed by atoms with Crippen LogP contribution in [0.1, 0.15) is 29.4 Å². The molecule has 1 aliphatic rings. The van der Waals surface area contributed by atoms with Crippen LogP contribution in [0.4, 0.5) is 5.69 Å². The Morgan fingerprint density at radius 1 is 1.33 bits per heavy atom. The van der Waals surface area contributed by atoms with Crippen molar-refractivity contribution < 1.29 is 13.2 Å². The van der Waals surface area contributed by atoms with Gasteiger partial charge in [0.2, 0.25) is 5.91 Å². The Morgan fingerprint density at radius 2 is 2.12 bits per heavy atom. The van der Waals surface area contributed by atoms with E-state index in [-0.39, 0.29) is 30.0 Å². The first-order valence-electron chi connectivity index (χ1n) is 10.5. The Labute approximate surface area is 197 Å². The number of benzene rings is 1. The monoisotopic (exact) mass is 491 g/mol. The van der Waals surface area contributed by atoms with Crippen molar-refractivity contribution in [2.45, 2.75) is 32.9 Å². The average molecular weight is 492 g/mol. The molecule has 1 saturated heterocycles. The summed E-state index contributed by atoms with van der Waals surface area (Å²) in [5, 5.41) is 12.1. The van der Waals surface area contributed by atoms with Crippen molar-refractivity contribution in [1.29, 1.82) is 0 Å². The van der Waals surface area contributed by atoms with Crippen molar-refractivity contribution in [1.82, 2.24) is 29.4 Å². The highest BCUT2D eigenvalue weighted by molar-refractivity contribution is 7.91. The zero-order chi connectivity index (χ0) is 23.8. The molecule has 1 N–H and O–H groups in total. The molecule has 0 radical (unpaired) electrons. The summed E-state index contributed by atoms with van der Waals surface area (Å²) >= 11 is 6.13. The number of halogens is 1. The zero-order valence-electron chi connectivity index (χ0n) is 18.7. The molecule has 0 spiro atoms. The molecule has 0 saturated carbocycles. The maximum Gasteiger partial charge on any atom is 0.238 e. The largest absolute Gasteiger partial charge is 0.323 e. The number of aryl methyl sites for hydroxylation is 1. The van der Waals surface area contributed by atoms with E-state index in [9.17, 15) is 13.2 Å². The first-order chi connectivity index (χ1) is 15.6. The van der Waals surface area contributed by atoms with Crippen LogP contribution in [0.15, 0.2) is 30.9 Å². The quantitative estimate of drug-likeness (QED) is 0.538. The molecule has 3 heterocycles. The summed E-state index contributed by atoms with van der Waals surface area (Å²) in [6.45, 7) is 4.51. The van der Waals surface area contributed by atoms with E-state index in [0.29, 0.717) is 29.4 Å². The highest BCUT2D eigenvalue weighted by atomic mass is 35.5. The number of hydrogen-bond acceptors (Lipinski definition) is 7. The van der Waals surface area contributed by atoms with Crippen LogP contribution in [0.25, 0.3) is 5.69 Å². The molecule has 0 aliphatic carbocycles. The number of sulfone groups is 1. The molecule has 1 aliphatic heterocycles. The molecule has 3 aromatic rings. The van der Waals surface area contributed by atoms with Crippen molar-refractivity contribution in [2.75, 3.05) is 30.4 Å². The Hall–Kier alpha value is -2.76. The van der Waals surface area contributed by atoms with Gasteiger partial charge in [-0.2, -0.15) is 10.2 Å². The van der Waals surface area contributed by atoms with Crippen LogP contribution in [0.2, 0.25) is 5.02 Å². The molecular weight excluding hydrogens is 466 g/mol. The fourth-order valence-corrected chi connectivity index (χ4v) is 6.02. The molecule has 2 aromatic heterocycles. The summed E-state index contributed by atoms with van der Waals surface area (Å²) in [5.41, 5.74) is 3.97. The Bertz CT molecular complexity index is 1270. The lowest BCUT2D eigenvalue weighted by Crippen LogP contribution is -2.30. The van der Waals surface area contributed by atoms with Gasteiger partial charge in [0.05, 0.1) is 41.2 Å². The smallest absolute Gasteiger partial charge is 0.238 e. The van der Waals surface area contributed by atoms with E-state index in [2.05, 4.69) is 20.5 Å². The number of rotatable bonds is 7. The third-order valence-electron chi connectivity index (χ3n) is 5.77. The first-order valence-corrected chi connectivity index (χ1v) is 12.7. The highest BCUT2D eigenvalue weighted by Crippen LogP contribution is 2.27. The predicted octanol–water partition coefficient (Wildman–Crippen LogP) is 2.16. The second-order valence-electron chi connectivity index (χ2n) is 8.37. The van der Waals surface area contributed by atoms with E-state index in [0.717, 1.165) is 17.0 Å². The number of carbonyl (C=O) groups excluding carboxylic acids is 1. The van der Waals surface area contributed by atoms with Gasteiger partial charge in [0.1, 0.15) is 12.7 Å². The van der Waals surface area contributed by atoms with Crippen LogP contribution in [0, 0.1) is 13.8 Å². The summed E-state index contributed by atoms with van der Waals surface area (Å²) in [5.74, 6) is 0.122. The predicted molar refractivity (Wildman–Crippen MR) is 125 cm³/mol. The molecule has 0 unspecified atom stereocenters. The molecule has 176 valence electrons. The lowest BCUT2D eigenvalue weighted by atomic mass is 10.1. The molecule has 4 rings (SSSR count). The summed E-state index contributed by atoms with van der Waals surface area (Å²) < 4.78 is 27.1. The maximum atomic E-state index is 12.8. The lowest BCUT2D eigenvalue weighted by molar-refractivity contribution is -0.117. The standard InChI is InChI=1S/C21H26ClN7O3S/c1-14-18(15(2)29(26-14)17-6-7-33(31,32)11-17)9-27(3)10-21(30)25-19-8-16(22)4-5-20(19)28-13-23-12-24-28/h4-5,8,12-13,17H,6-7,9-11H2,1-3H3,(H,25,30)/t17-/m1/s1. The van der Waals surface area contributed by atoms with Crippen molar-refractivity contribution in [3.05, 3.63) is 52.8 Å². The third kappa shape index (κ3) is 5.26. The van der Waals surface area contributed by atoms with E-state index in [4.69, 9.17) is 11.6 Å². The Morgan fingerprint density at radius 3 is 2.79 bits per heavy atom. The van der Waals surface area contributed by atoms with Crippen LogP contribution in [-0.2, 0) is 21.2 Å². The lowest BCUT2D eigenvalue weighted by Gasteiger charge is -2.18. The summed E-state index contributed by atoms with van der Waals surface area (Å²) in [4.78, 5) is 18.6. The molecule has 0 bridgehead atoms. The first kappa shape index (κ1) is 23.4. The second-order valence-corrected chi connectivity index (χ2v) is 11.0. The van der Waals surface area contributed by atoms with Gasteiger partial charge in [-0.25, -0.2) is 18.1 Å². The summed E-state index contributed by atoms with van der Waals surface area (Å²) in [6.07, 6.45) is 3.54. The van der Waals surface area contributed by atoms with E-state index in [1.807, 2.05) is 30.5 Å². The highest BCUT2D eigenvalue weighted by Gasteiger charge is 2.31. The van der Waals surface area contributed by atoms with Crippen LogP contribution >= 0.6 is 11.6 Å². The molecule has 12 heteroatoms. The van der Waals surface area contributed by atoms with Gasteiger partial charge in [-0.3, -0.25) is 14.4 Å². The number of hydrogen-bond donors (Lipinski definition) is 1. The molecule has 33 heavy (non-hydrogen) atoms. The van der Waals surface area contributed by atoms with Gasteiger partial charge in [-0.1, -0.05) is 11.6 Å². The fraction of sp³-hybridized carbons (Fsp3) is 0.429. The number of carbonyl (C=O) groups is 1. The minimum atomic E-state index is -3.00. The van der Waals surface area contributed by atoms with Gasteiger partial charge in [0, 0.05) is 22.8 Å². The van der Waals surface area contributed by atoms with Gasteiger partial charge in [-0.15, -0.1) is 0 Å². The minimum absolute atomic E-state index is 0.125. The van der Waals surface area contributed by atoms with Gasteiger partial charge in [0.15, 0.2) is 9.84 Å². The van der Waals surface area contributed by atoms with E-state index >= 15 is 0 Å². The molecular formula is C21H26ClN7O3S. The number of likely N-dealkylation sites (N-methyl/N-ethyl adjacent to an activating group) is 1. The molecule has 10 nitrogen and oxygen atoms in total. The number of aromatic nitrogens is 5. The van der Waals surface area contributed by atoms with E-state index in [1.54, 1.807) is 29.2 Å². The van der Waals surface area contributed by atoms with E-state index < -0.39 is 9.84 Å². The number of anilines is 1. The van der Waals surface area contributed by atoms with Gasteiger partial charge in [-0.05, 0) is 45.5 Å². The van der Waals surface area contributed by atoms with Crippen molar-refractivity contribution >= 4 is 33.0 Å². The number of nitrogens with zero attached hydrogens (tertiary/aromatic N) is 6. The average Bonchev–Trinajstić information content (AvgIpc) is 3.44. The van der Waals surface area contributed by atoms with Crippen LogP contribution in [0.3, 0.4) is 0 Å². The fourth-order valence-electron chi connectivity index (χ4n) is 4.15. The SMILES string of the molecule is Cc1nn([C@@H]2CCS(=O)(=O)C2)c(C)c1CN(C)CC(=O)Nc1cc(Cl)ccc1-n1cncn1. The maximum absolute atomic E-state index is 12.8. The Balaban J connectivity index is 1.44. The number of nitrogens with one attached hydrogen (secondary N) is 1. The normalized spacial score (nSPS) is 17.5. The third-order valence-corrected chi connectivity index (χ3v) is 7.75. The van der Waals surface area contributed by atoms with E-state index in [1.165, 1.54) is 6.33 Å². The van der Waals surface area contributed by atoms with Crippen molar-refractivity contribution in [3.63, 3.8) is 0 Å². The van der Waals surface area contributed by atoms with Crippen molar-refractivity contribution in [3.8, 4) is 5.69 Å². The summed E-state index contributed by atoms with van der Waals surface area (Å²) in [7, 11) is -1.15. The van der Waals surface area contributed by atoms with Crippen LogP contribution < -0.4 is 5.32 Å². The molecule has 1 fully saturated rings. The topological polar surface area (TPSA) is 115 Å². The van der Waals surface area contributed by atoms with Gasteiger partial charge in [0.25, 0.3) is 0 Å². The molecule has 1 aromatic carbocycles. The second kappa shape index (κ2) is 9.24. The van der Waals surface area contributed by atoms with Crippen molar-refractivity contribution in [2.24, 2.45) is 0 Å². The van der Waals surface area contributed by atoms with Gasteiger partial charge >= 0.3 is 0 Å². The molecule has 1 atom stereocenters. The summed E-state index contributed by atoms with van der Waals surface area (Å²) in [6, 6.07) is 5.03.